The number of rotatable bonds is 6. The number of likely N-dealkylation sites (tertiary alicyclic amines) is 1. The van der Waals surface area contributed by atoms with Crippen molar-refractivity contribution in [3.8, 4) is 0 Å². The fourth-order valence-corrected chi connectivity index (χ4v) is 3.24. The second-order valence-corrected chi connectivity index (χ2v) is 6.37. The molecule has 2 heterocycles. The van der Waals surface area contributed by atoms with Gasteiger partial charge in [-0.2, -0.15) is 0 Å². The van der Waals surface area contributed by atoms with E-state index in [9.17, 15) is 5.11 Å². The highest BCUT2D eigenvalue weighted by Gasteiger charge is 2.30. The molecule has 1 aromatic carbocycles. The molecule has 0 saturated carbocycles. The first-order chi connectivity index (χ1) is 11.2. The van der Waals surface area contributed by atoms with Crippen LogP contribution in [0.1, 0.15) is 30.5 Å². The van der Waals surface area contributed by atoms with Gasteiger partial charge in [-0.25, -0.2) is 0 Å². The van der Waals surface area contributed by atoms with Gasteiger partial charge in [-0.3, -0.25) is 9.88 Å². The van der Waals surface area contributed by atoms with Gasteiger partial charge in [0.2, 0.25) is 0 Å². The Morgan fingerprint density at radius 3 is 2.83 bits per heavy atom. The maximum Gasteiger partial charge on any atom is 0.0682 e. The zero-order valence-corrected chi connectivity index (χ0v) is 13.6. The van der Waals surface area contributed by atoms with E-state index in [0.717, 1.165) is 26.1 Å². The summed E-state index contributed by atoms with van der Waals surface area (Å²) in [6.07, 6.45) is 4.31. The molecule has 3 unspecified atom stereocenters. The lowest BCUT2D eigenvalue weighted by Crippen LogP contribution is -2.38. The van der Waals surface area contributed by atoms with Crippen LogP contribution in [0, 0.1) is 0 Å². The average Bonchev–Trinajstić information content (AvgIpc) is 2.94. The summed E-state index contributed by atoms with van der Waals surface area (Å²) >= 11 is 0. The first-order valence-corrected chi connectivity index (χ1v) is 8.31. The number of nitrogens with zero attached hydrogens (tertiary/aromatic N) is 2. The van der Waals surface area contributed by atoms with Crippen molar-refractivity contribution in [2.24, 2.45) is 0 Å². The van der Waals surface area contributed by atoms with Crippen molar-refractivity contribution >= 4 is 0 Å². The highest BCUT2D eigenvalue weighted by molar-refractivity contribution is 5.15. The summed E-state index contributed by atoms with van der Waals surface area (Å²) in [6, 6.07) is 15.2. The van der Waals surface area contributed by atoms with Crippen LogP contribution in [0.15, 0.2) is 54.9 Å². The molecule has 4 nitrogen and oxygen atoms in total. The zero-order chi connectivity index (χ0) is 16.1. The third kappa shape index (κ3) is 4.38. The van der Waals surface area contributed by atoms with Crippen molar-refractivity contribution in [3.05, 3.63) is 66.0 Å². The van der Waals surface area contributed by atoms with E-state index >= 15 is 0 Å². The van der Waals surface area contributed by atoms with Crippen LogP contribution in [-0.2, 0) is 6.54 Å². The van der Waals surface area contributed by atoms with E-state index in [-0.39, 0.29) is 12.1 Å². The Balaban J connectivity index is 1.57. The molecule has 1 aliphatic heterocycles. The zero-order valence-electron chi connectivity index (χ0n) is 13.6. The molecule has 1 aromatic heterocycles. The van der Waals surface area contributed by atoms with Crippen LogP contribution >= 0.6 is 0 Å². The Hall–Kier alpha value is -1.75. The quantitative estimate of drug-likeness (QED) is 0.860. The summed E-state index contributed by atoms with van der Waals surface area (Å²) in [7, 11) is 0. The first-order valence-electron chi connectivity index (χ1n) is 8.31. The van der Waals surface area contributed by atoms with Crippen molar-refractivity contribution in [3.63, 3.8) is 0 Å². The molecule has 1 saturated heterocycles. The first kappa shape index (κ1) is 16.1. The van der Waals surface area contributed by atoms with Crippen LogP contribution in [0.2, 0.25) is 0 Å². The van der Waals surface area contributed by atoms with Gasteiger partial charge in [0.05, 0.1) is 6.10 Å². The van der Waals surface area contributed by atoms with Gasteiger partial charge in [-0.05, 0) is 30.5 Å². The largest absolute Gasteiger partial charge is 0.392 e. The fourth-order valence-electron chi connectivity index (χ4n) is 3.24. The number of aromatic nitrogens is 1. The van der Waals surface area contributed by atoms with Crippen LogP contribution in [0.3, 0.4) is 0 Å². The SMILES string of the molecule is CC(NCC1CC(O)CN1Cc1ccccc1)c1cccnc1. The van der Waals surface area contributed by atoms with Gasteiger partial charge < -0.3 is 10.4 Å². The van der Waals surface area contributed by atoms with Crippen molar-refractivity contribution in [1.29, 1.82) is 0 Å². The van der Waals surface area contributed by atoms with Crippen LogP contribution in [0.25, 0.3) is 0 Å². The summed E-state index contributed by atoms with van der Waals surface area (Å²) in [6.45, 7) is 4.68. The molecular weight excluding hydrogens is 286 g/mol. The second-order valence-electron chi connectivity index (χ2n) is 6.37. The Morgan fingerprint density at radius 1 is 1.26 bits per heavy atom. The Bertz CT molecular complexity index is 590. The maximum atomic E-state index is 10.1. The van der Waals surface area contributed by atoms with Crippen LogP contribution < -0.4 is 5.32 Å². The molecule has 0 amide bonds. The lowest BCUT2D eigenvalue weighted by atomic mass is 10.1. The van der Waals surface area contributed by atoms with E-state index in [2.05, 4.69) is 52.5 Å². The third-order valence-corrected chi connectivity index (χ3v) is 4.58. The topological polar surface area (TPSA) is 48.4 Å². The number of aliphatic hydroxyl groups excluding tert-OH is 1. The number of hydrogen-bond donors (Lipinski definition) is 2. The summed E-state index contributed by atoms with van der Waals surface area (Å²) in [5.74, 6) is 0. The van der Waals surface area contributed by atoms with Gasteiger partial charge in [0.15, 0.2) is 0 Å². The molecule has 23 heavy (non-hydrogen) atoms. The maximum absolute atomic E-state index is 10.1. The van der Waals surface area contributed by atoms with E-state index in [1.54, 1.807) is 6.20 Å². The smallest absolute Gasteiger partial charge is 0.0682 e. The van der Waals surface area contributed by atoms with Crippen LogP contribution in [0.4, 0.5) is 0 Å². The van der Waals surface area contributed by atoms with Gasteiger partial charge in [0.1, 0.15) is 0 Å². The summed E-state index contributed by atoms with van der Waals surface area (Å²) in [5, 5.41) is 13.6. The molecule has 3 rings (SSSR count). The number of pyridine rings is 1. The molecule has 0 radical (unpaired) electrons. The molecule has 4 heteroatoms. The molecule has 0 bridgehead atoms. The number of nitrogens with one attached hydrogen (secondary N) is 1. The second kappa shape index (κ2) is 7.68. The lowest BCUT2D eigenvalue weighted by Gasteiger charge is -2.26. The van der Waals surface area contributed by atoms with Crippen molar-refractivity contribution < 1.29 is 5.11 Å². The minimum atomic E-state index is -0.223. The molecule has 0 spiro atoms. The van der Waals surface area contributed by atoms with Crippen molar-refractivity contribution in [2.45, 2.75) is 38.1 Å². The van der Waals surface area contributed by atoms with Gasteiger partial charge >= 0.3 is 0 Å². The summed E-state index contributed by atoms with van der Waals surface area (Å²) in [5.41, 5.74) is 2.49. The molecular formula is C19H25N3O. The Morgan fingerprint density at radius 2 is 2.09 bits per heavy atom. The molecule has 3 atom stereocenters. The monoisotopic (exact) mass is 311 g/mol. The number of aliphatic hydroxyl groups is 1. The van der Waals surface area contributed by atoms with Crippen molar-refractivity contribution in [2.75, 3.05) is 13.1 Å². The number of β-amino-alcohol motifs (C(OH)–C–C–N with tert-alkyl or cyclic N) is 1. The van der Waals surface area contributed by atoms with Crippen LogP contribution in [0.5, 0.6) is 0 Å². The minimum Gasteiger partial charge on any atom is -0.392 e. The van der Waals surface area contributed by atoms with E-state index in [0.29, 0.717) is 6.04 Å². The van der Waals surface area contributed by atoms with E-state index in [1.807, 2.05) is 18.3 Å². The fraction of sp³-hybridized carbons (Fsp3) is 0.421. The standard InChI is InChI=1S/C19H25N3O/c1-15(17-8-5-9-20-11-17)21-12-18-10-19(23)14-22(18)13-16-6-3-2-4-7-16/h2-9,11,15,18-19,21,23H,10,12-14H2,1H3. The predicted molar refractivity (Wildman–Crippen MR) is 91.9 cm³/mol. The molecule has 2 N–H and O–H groups in total. The third-order valence-electron chi connectivity index (χ3n) is 4.58. The van der Waals surface area contributed by atoms with Crippen molar-refractivity contribution in [1.82, 2.24) is 15.2 Å². The van der Waals surface area contributed by atoms with Gasteiger partial charge in [0.25, 0.3) is 0 Å². The predicted octanol–water partition coefficient (Wildman–Crippen LogP) is 2.37. The highest BCUT2D eigenvalue weighted by Crippen LogP contribution is 2.21. The lowest BCUT2D eigenvalue weighted by molar-refractivity contribution is 0.172. The van der Waals surface area contributed by atoms with E-state index in [1.165, 1.54) is 11.1 Å². The number of hydrogen-bond acceptors (Lipinski definition) is 4. The molecule has 2 aromatic rings. The molecule has 1 aliphatic rings. The molecule has 0 aliphatic carbocycles. The molecule has 1 fully saturated rings. The summed E-state index contributed by atoms with van der Waals surface area (Å²) in [4.78, 5) is 6.56. The van der Waals surface area contributed by atoms with Gasteiger partial charge in [-0.15, -0.1) is 0 Å². The van der Waals surface area contributed by atoms with Gasteiger partial charge in [-0.1, -0.05) is 36.4 Å². The number of benzene rings is 1. The molecule has 122 valence electrons. The minimum absolute atomic E-state index is 0.223. The highest BCUT2D eigenvalue weighted by atomic mass is 16.3. The van der Waals surface area contributed by atoms with E-state index < -0.39 is 0 Å². The Labute approximate surface area is 138 Å². The van der Waals surface area contributed by atoms with Gasteiger partial charge in [0, 0.05) is 44.1 Å². The van der Waals surface area contributed by atoms with Crippen LogP contribution in [-0.4, -0.2) is 40.2 Å². The normalized spacial score (nSPS) is 23.0. The Kier molecular flexibility index (Phi) is 5.39. The average molecular weight is 311 g/mol. The summed E-state index contributed by atoms with van der Waals surface area (Å²) < 4.78 is 0. The van der Waals surface area contributed by atoms with E-state index in [4.69, 9.17) is 0 Å².